The molecule has 0 saturated carbocycles. The number of hydrogen-bond donors (Lipinski definition) is 0. The molecule has 4 rings (SSSR count). The topological polar surface area (TPSA) is 65.1 Å². The van der Waals surface area contributed by atoms with Gasteiger partial charge in [-0.05, 0) is 70.0 Å². The van der Waals surface area contributed by atoms with Gasteiger partial charge in [0.05, 0.1) is 13.7 Å². The van der Waals surface area contributed by atoms with Crippen LogP contribution in [0.25, 0.3) is 0 Å². The standard InChI is InChI=1S/C23H31NO5S/c1-17-23(29-21-16-20(27-2)10-11-22(21)30(17,25)26)18-6-8-19(9-7-18)28-15-5-14-24-12-3-4-13-24/h6,8-11,16-18,23H,3-5,7,12-15H2,1-2H3/t17-,18?,23+/m0/s1. The van der Waals surface area contributed by atoms with E-state index >= 15 is 0 Å². The number of hydrogen-bond acceptors (Lipinski definition) is 6. The van der Waals surface area contributed by atoms with Crippen LogP contribution in [0.5, 0.6) is 11.5 Å². The van der Waals surface area contributed by atoms with E-state index in [1.807, 2.05) is 18.2 Å². The Bertz CT molecular complexity index is 918. The summed E-state index contributed by atoms with van der Waals surface area (Å²) in [5.41, 5.74) is 0. The van der Waals surface area contributed by atoms with Crippen LogP contribution in [0.2, 0.25) is 0 Å². The molecule has 30 heavy (non-hydrogen) atoms. The van der Waals surface area contributed by atoms with E-state index in [1.165, 1.54) is 25.9 Å². The summed E-state index contributed by atoms with van der Waals surface area (Å²) in [4.78, 5) is 2.73. The second-order valence-corrected chi connectivity index (χ2v) is 10.5. The molecule has 1 unspecified atom stereocenters. The summed E-state index contributed by atoms with van der Waals surface area (Å²) in [6.07, 6.45) is 9.92. The van der Waals surface area contributed by atoms with Crippen LogP contribution in [0, 0.1) is 5.92 Å². The number of allylic oxidation sites excluding steroid dienone is 2. The van der Waals surface area contributed by atoms with E-state index < -0.39 is 21.2 Å². The van der Waals surface area contributed by atoms with E-state index in [2.05, 4.69) is 4.90 Å². The minimum Gasteiger partial charge on any atom is -0.497 e. The van der Waals surface area contributed by atoms with Gasteiger partial charge >= 0.3 is 0 Å². The highest BCUT2D eigenvalue weighted by Gasteiger charge is 2.42. The zero-order valence-corrected chi connectivity index (χ0v) is 18.6. The summed E-state index contributed by atoms with van der Waals surface area (Å²) in [5.74, 6) is 1.80. The quantitative estimate of drug-likeness (QED) is 0.613. The Morgan fingerprint density at radius 2 is 2.03 bits per heavy atom. The van der Waals surface area contributed by atoms with Crippen LogP contribution in [0.1, 0.15) is 32.6 Å². The van der Waals surface area contributed by atoms with Gasteiger partial charge in [0, 0.05) is 18.5 Å². The third-order valence-corrected chi connectivity index (χ3v) is 8.48. The van der Waals surface area contributed by atoms with Crippen LogP contribution >= 0.6 is 0 Å². The number of likely N-dealkylation sites (tertiary alicyclic amines) is 1. The summed E-state index contributed by atoms with van der Waals surface area (Å²) >= 11 is 0. The van der Waals surface area contributed by atoms with Gasteiger partial charge in [-0.25, -0.2) is 8.42 Å². The number of sulfone groups is 1. The van der Waals surface area contributed by atoms with Crippen molar-refractivity contribution in [3.05, 3.63) is 42.2 Å². The zero-order chi connectivity index (χ0) is 21.1. The molecule has 0 spiro atoms. The van der Waals surface area contributed by atoms with Crippen molar-refractivity contribution in [2.75, 3.05) is 33.4 Å². The molecule has 1 aliphatic carbocycles. The molecule has 0 amide bonds. The largest absolute Gasteiger partial charge is 0.497 e. The van der Waals surface area contributed by atoms with Gasteiger partial charge in [0.25, 0.3) is 0 Å². The van der Waals surface area contributed by atoms with Gasteiger partial charge in [-0.1, -0.05) is 6.08 Å². The molecule has 1 saturated heterocycles. The molecule has 3 atom stereocenters. The number of benzene rings is 1. The predicted octanol–water partition coefficient (Wildman–Crippen LogP) is 3.58. The maximum atomic E-state index is 13.0. The van der Waals surface area contributed by atoms with Crippen molar-refractivity contribution >= 4 is 9.84 Å². The summed E-state index contributed by atoms with van der Waals surface area (Å²) in [6.45, 7) is 5.95. The molecule has 2 heterocycles. The summed E-state index contributed by atoms with van der Waals surface area (Å²) in [7, 11) is -1.90. The fourth-order valence-corrected chi connectivity index (χ4v) is 6.11. The van der Waals surface area contributed by atoms with E-state index in [4.69, 9.17) is 14.2 Å². The van der Waals surface area contributed by atoms with E-state index in [9.17, 15) is 8.42 Å². The minimum absolute atomic E-state index is 0.0222. The van der Waals surface area contributed by atoms with Crippen LogP contribution in [0.15, 0.2) is 47.1 Å². The van der Waals surface area contributed by atoms with E-state index in [0.717, 1.165) is 18.7 Å². The van der Waals surface area contributed by atoms with E-state index in [1.54, 1.807) is 32.2 Å². The van der Waals surface area contributed by atoms with Gasteiger partial charge in [0.2, 0.25) is 0 Å². The maximum absolute atomic E-state index is 13.0. The first-order valence-electron chi connectivity index (χ1n) is 10.8. The fraction of sp³-hybridized carbons (Fsp3) is 0.565. The van der Waals surface area contributed by atoms with Crippen molar-refractivity contribution < 1.29 is 22.6 Å². The molecule has 164 valence electrons. The third kappa shape index (κ3) is 4.37. The lowest BCUT2D eigenvalue weighted by atomic mass is 9.92. The van der Waals surface area contributed by atoms with Crippen molar-refractivity contribution in [1.29, 1.82) is 0 Å². The Hall–Kier alpha value is -1.99. The van der Waals surface area contributed by atoms with Crippen LogP contribution in [0.4, 0.5) is 0 Å². The second kappa shape index (κ2) is 9.02. The monoisotopic (exact) mass is 433 g/mol. The molecule has 1 aromatic carbocycles. The molecule has 1 fully saturated rings. The molecule has 0 aromatic heterocycles. The Morgan fingerprint density at radius 1 is 1.23 bits per heavy atom. The van der Waals surface area contributed by atoms with Gasteiger partial charge in [-0.3, -0.25) is 0 Å². The lowest BCUT2D eigenvalue weighted by molar-refractivity contribution is 0.139. The Morgan fingerprint density at radius 3 is 2.73 bits per heavy atom. The molecule has 0 N–H and O–H groups in total. The molecular weight excluding hydrogens is 402 g/mol. The summed E-state index contributed by atoms with van der Waals surface area (Å²) in [6, 6.07) is 4.88. The van der Waals surface area contributed by atoms with Crippen molar-refractivity contribution in [1.82, 2.24) is 4.90 Å². The van der Waals surface area contributed by atoms with Gasteiger partial charge in [-0.2, -0.15) is 0 Å². The van der Waals surface area contributed by atoms with Crippen molar-refractivity contribution in [2.45, 2.75) is 48.9 Å². The average molecular weight is 434 g/mol. The Balaban J connectivity index is 1.36. The molecule has 0 bridgehead atoms. The van der Waals surface area contributed by atoms with Crippen molar-refractivity contribution in [2.24, 2.45) is 5.92 Å². The molecule has 2 aliphatic heterocycles. The second-order valence-electron chi connectivity index (χ2n) is 8.26. The highest BCUT2D eigenvalue weighted by molar-refractivity contribution is 7.92. The van der Waals surface area contributed by atoms with Crippen LogP contribution in [0.3, 0.4) is 0 Å². The van der Waals surface area contributed by atoms with Crippen molar-refractivity contribution in [3.63, 3.8) is 0 Å². The Kier molecular flexibility index (Phi) is 6.39. The number of fused-ring (bicyclic) bond motifs is 1. The number of methoxy groups -OCH3 is 1. The van der Waals surface area contributed by atoms with Crippen LogP contribution in [-0.2, 0) is 14.6 Å². The number of nitrogens with zero attached hydrogens (tertiary/aromatic N) is 1. The molecule has 6 nitrogen and oxygen atoms in total. The van der Waals surface area contributed by atoms with E-state index in [0.29, 0.717) is 24.5 Å². The van der Waals surface area contributed by atoms with Gasteiger partial charge in [0.1, 0.15) is 33.5 Å². The first-order chi connectivity index (χ1) is 14.5. The smallest absolute Gasteiger partial charge is 0.188 e. The summed E-state index contributed by atoms with van der Waals surface area (Å²) in [5, 5.41) is -0.621. The maximum Gasteiger partial charge on any atom is 0.188 e. The normalized spacial score (nSPS) is 27.8. The lowest BCUT2D eigenvalue weighted by Gasteiger charge is -2.36. The third-order valence-electron chi connectivity index (χ3n) is 6.28. The predicted molar refractivity (Wildman–Crippen MR) is 116 cm³/mol. The first kappa shape index (κ1) is 21.2. The highest BCUT2D eigenvalue weighted by Crippen LogP contribution is 2.40. The van der Waals surface area contributed by atoms with Gasteiger partial charge in [0.15, 0.2) is 9.84 Å². The fourth-order valence-electron chi connectivity index (χ4n) is 4.45. The molecule has 7 heteroatoms. The minimum atomic E-state index is -3.45. The lowest BCUT2D eigenvalue weighted by Crippen LogP contribution is -2.44. The SMILES string of the molecule is COc1ccc2c(c1)O[C@@H](C1C=CC(OCCCN3CCCC3)=CC1)[C@H](C)S2(=O)=O. The van der Waals surface area contributed by atoms with Crippen molar-refractivity contribution in [3.8, 4) is 11.5 Å². The number of ether oxygens (including phenoxy) is 3. The van der Waals surface area contributed by atoms with E-state index in [-0.39, 0.29) is 10.8 Å². The molecule has 3 aliphatic rings. The summed E-state index contributed by atoms with van der Waals surface area (Å²) < 4.78 is 43.3. The number of rotatable bonds is 7. The molecule has 0 radical (unpaired) electrons. The Labute approximate surface area is 179 Å². The average Bonchev–Trinajstić information content (AvgIpc) is 3.28. The van der Waals surface area contributed by atoms with Gasteiger partial charge < -0.3 is 19.1 Å². The van der Waals surface area contributed by atoms with Crippen LogP contribution < -0.4 is 9.47 Å². The molecule has 1 aromatic rings. The van der Waals surface area contributed by atoms with Crippen LogP contribution in [-0.4, -0.2) is 58.0 Å². The first-order valence-corrected chi connectivity index (χ1v) is 12.4. The zero-order valence-electron chi connectivity index (χ0n) is 17.7. The molecular formula is C23H31NO5S. The highest BCUT2D eigenvalue weighted by atomic mass is 32.2. The van der Waals surface area contributed by atoms with Gasteiger partial charge in [-0.15, -0.1) is 0 Å².